The van der Waals surface area contributed by atoms with Crippen LogP contribution in [0.15, 0.2) is 66.9 Å². The van der Waals surface area contributed by atoms with Crippen molar-refractivity contribution in [3.05, 3.63) is 93.7 Å². The molecule has 0 radical (unpaired) electrons. The molecule has 0 saturated carbocycles. The van der Waals surface area contributed by atoms with E-state index in [2.05, 4.69) is 10.3 Å². The summed E-state index contributed by atoms with van der Waals surface area (Å²) >= 11 is 18.3. The predicted molar refractivity (Wildman–Crippen MR) is 117 cm³/mol. The molecule has 0 aliphatic heterocycles. The van der Waals surface area contributed by atoms with Crippen LogP contribution in [-0.2, 0) is 13.1 Å². The largest absolute Gasteiger partial charge is 0.339 e. The molecule has 1 heterocycles. The molecule has 0 spiro atoms. The minimum absolute atomic E-state index is 0.567. The van der Waals surface area contributed by atoms with Crippen LogP contribution in [0.25, 0.3) is 0 Å². The Labute approximate surface area is 175 Å². The number of aryl methyl sites for hydroxylation is 1. The van der Waals surface area contributed by atoms with Gasteiger partial charge in [0.25, 0.3) is 0 Å². The van der Waals surface area contributed by atoms with Gasteiger partial charge in [0.2, 0.25) is 0 Å². The van der Waals surface area contributed by atoms with Gasteiger partial charge in [-0.15, -0.1) is 0 Å². The summed E-state index contributed by atoms with van der Waals surface area (Å²) < 4.78 is 0. The molecule has 2 aromatic carbocycles. The Bertz CT molecular complexity index is 932. The van der Waals surface area contributed by atoms with Gasteiger partial charge in [-0.2, -0.15) is 0 Å². The Hall–Kier alpha value is -2.14. The highest BCUT2D eigenvalue weighted by atomic mass is 35.5. The van der Waals surface area contributed by atoms with E-state index >= 15 is 0 Å². The minimum atomic E-state index is 0.567. The number of thiocarbonyl (C=S) groups is 1. The SMILES string of the molecule is Cc1ccc(NC(=S)N(Cc2ccccn2)Cc2ccccc2Cl)cc1Cl. The van der Waals surface area contributed by atoms with Crippen molar-refractivity contribution < 1.29 is 0 Å². The van der Waals surface area contributed by atoms with Crippen LogP contribution in [0.4, 0.5) is 5.69 Å². The van der Waals surface area contributed by atoms with Gasteiger partial charge in [-0.3, -0.25) is 4.98 Å². The molecule has 0 saturated heterocycles. The lowest BCUT2D eigenvalue weighted by Crippen LogP contribution is -2.34. The number of rotatable bonds is 5. The van der Waals surface area contributed by atoms with Gasteiger partial charge in [-0.05, 0) is 60.6 Å². The van der Waals surface area contributed by atoms with E-state index in [1.165, 1.54) is 0 Å². The molecule has 27 heavy (non-hydrogen) atoms. The Morgan fingerprint density at radius 3 is 2.48 bits per heavy atom. The van der Waals surface area contributed by atoms with Crippen LogP contribution in [0.5, 0.6) is 0 Å². The smallest absolute Gasteiger partial charge is 0.174 e. The Balaban J connectivity index is 1.82. The highest BCUT2D eigenvalue weighted by molar-refractivity contribution is 7.80. The average Bonchev–Trinajstić information content (AvgIpc) is 2.66. The summed E-state index contributed by atoms with van der Waals surface area (Å²) in [6.07, 6.45) is 1.78. The number of anilines is 1. The lowest BCUT2D eigenvalue weighted by atomic mass is 10.2. The molecule has 6 heteroatoms. The summed E-state index contributed by atoms with van der Waals surface area (Å²) in [5, 5.41) is 5.27. The average molecular weight is 416 g/mol. The second-order valence-electron chi connectivity index (χ2n) is 6.16. The molecule has 1 aromatic heterocycles. The van der Waals surface area contributed by atoms with Crippen LogP contribution < -0.4 is 5.32 Å². The second-order valence-corrected chi connectivity index (χ2v) is 7.36. The van der Waals surface area contributed by atoms with Crippen molar-refractivity contribution in [2.75, 3.05) is 5.32 Å². The van der Waals surface area contributed by atoms with Crippen LogP contribution in [0.3, 0.4) is 0 Å². The summed E-state index contributed by atoms with van der Waals surface area (Å²) in [5.74, 6) is 0. The normalized spacial score (nSPS) is 10.5. The zero-order valence-electron chi connectivity index (χ0n) is 14.8. The first-order valence-electron chi connectivity index (χ1n) is 8.48. The molecule has 0 amide bonds. The van der Waals surface area contributed by atoms with Crippen LogP contribution in [-0.4, -0.2) is 15.0 Å². The van der Waals surface area contributed by atoms with Crippen LogP contribution >= 0.6 is 35.4 Å². The van der Waals surface area contributed by atoms with E-state index in [0.29, 0.717) is 28.2 Å². The number of pyridine rings is 1. The molecule has 138 valence electrons. The summed E-state index contributed by atoms with van der Waals surface area (Å²) in [5.41, 5.74) is 3.80. The lowest BCUT2D eigenvalue weighted by molar-refractivity contribution is 0.407. The standard InChI is InChI=1S/C21H19Cl2N3S/c1-15-9-10-17(12-20(15)23)25-21(27)26(14-18-7-4-5-11-24-18)13-16-6-2-3-8-19(16)22/h2-12H,13-14H2,1H3,(H,25,27). The van der Waals surface area contributed by atoms with E-state index in [1.807, 2.05) is 72.5 Å². The van der Waals surface area contributed by atoms with Crippen molar-refractivity contribution in [2.24, 2.45) is 0 Å². The number of hydrogen-bond donors (Lipinski definition) is 1. The highest BCUT2D eigenvalue weighted by Gasteiger charge is 2.14. The van der Waals surface area contributed by atoms with Crippen molar-refractivity contribution >= 4 is 46.2 Å². The van der Waals surface area contributed by atoms with Gasteiger partial charge < -0.3 is 10.2 Å². The number of aromatic nitrogens is 1. The number of halogens is 2. The van der Waals surface area contributed by atoms with Crippen molar-refractivity contribution in [3.8, 4) is 0 Å². The molecule has 0 unspecified atom stereocenters. The molecule has 3 nitrogen and oxygen atoms in total. The van der Waals surface area contributed by atoms with Crippen molar-refractivity contribution in [3.63, 3.8) is 0 Å². The predicted octanol–water partition coefficient (Wildman–Crippen LogP) is 6.10. The first-order chi connectivity index (χ1) is 13.0. The number of hydrogen-bond acceptors (Lipinski definition) is 2. The molecule has 3 aromatic rings. The fraction of sp³-hybridized carbons (Fsp3) is 0.143. The molecule has 0 bridgehead atoms. The molecule has 0 aliphatic carbocycles. The first kappa shape index (κ1) is 19.6. The van der Waals surface area contributed by atoms with Crippen LogP contribution in [0.1, 0.15) is 16.8 Å². The molecule has 0 atom stereocenters. The fourth-order valence-electron chi connectivity index (χ4n) is 2.59. The fourth-order valence-corrected chi connectivity index (χ4v) is 3.22. The van der Waals surface area contributed by atoms with Gasteiger partial charge in [0.05, 0.1) is 12.2 Å². The van der Waals surface area contributed by atoms with Gasteiger partial charge in [-0.25, -0.2) is 0 Å². The van der Waals surface area contributed by atoms with E-state index in [9.17, 15) is 0 Å². The first-order valence-corrected chi connectivity index (χ1v) is 9.65. The van der Waals surface area contributed by atoms with Gasteiger partial charge in [0, 0.05) is 28.5 Å². The van der Waals surface area contributed by atoms with Gasteiger partial charge in [0.1, 0.15) is 0 Å². The van der Waals surface area contributed by atoms with E-state index in [1.54, 1.807) is 6.20 Å². The number of nitrogens with one attached hydrogen (secondary N) is 1. The highest BCUT2D eigenvalue weighted by Crippen LogP contribution is 2.22. The topological polar surface area (TPSA) is 28.2 Å². The number of benzene rings is 2. The second kappa shape index (κ2) is 9.18. The zero-order valence-corrected chi connectivity index (χ0v) is 17.2. The summed E-state index contributed by atoms with van der Waals surface area (Å²) in [7, 11) is 0. The van der Waals surface area contributed by atoms with E-state index in [4.69, 9.17) is 35.4 Å². The molecule has 1 N–H and O–H groups in total. The van der Waals surface area contributed by atoms with Crippen LogP contribution in [0, 0.1) is 6.92 Å². The summed E-state index contributed by atoms with van der Waals surface area (Å²) in [6, 6.07) is 19.4. The Morgan fingerprint density at radius 2 is 1.78 bits per heavy atom. The lowest BCUT2D eigenvalue weighted by Gasteiger charge is -2.26. The summed E-state index contributed by atoms with van der Waals surface area (Å²) in [6.45, 7) is 3.11. The van der Waals surface area contributed by atoms with Crippen molar-refractivity contribution in [1.82, 2.24) is 9.88 Å². The Morgan fingerprint density at radius 1 is 1.00 bits per heavy atom. The number of nitrogens with zero attached hydrogens (tertiary/aromatic N) is 2. The molecule has 0 fully saturated rings. The maximum Gasteiger partial charge on any atom is 0.174 e. The molecular formula is C21H19Cl2N3S. The maximum absolute atomic E-state index is 6.35. The minimum Gasteiger partial charge on any atom is -0.339 e. The van der Waals surface area contributed by atoms with Gasteiger partial charge >= 0.3 is 0 Å². The third-order valence-corrected chi connectivity index (χ3v) is 5.24. The van der Waals surface area contributed by atoms with E-state index in [-0.39, 0.29) is 0 Å². The van der Waals surface area contributed by atoms with E-state index in [0.717, 1.165) is 22.5 Å². The van der Waals surface area contributed by atoms with Crippen molar-refractivity contribution in [2.45, 2.75) is 20.0 Å². The molecule has 3 rings (SSSR count). The molecular weight excluding hydrogens is 397 g/mol. The van der Waals surface area contributed by atoms with Crippen LogP contribution in [0.2, 0.25) is 10.0 Å². The molecule has 0 aliphatic rings. The third-order valence-electron chi connectivity index (χ3n) is 4.11. The Kier molecular flexibility index (Phi) is 6.67. The zero-order chi connectivity index (χ0) is 19.2. The van der Waals surface area contributed by atoms with Gasteiger partial charge in [-0.1, -0.05) is 53.5 Å². The summed E-state index contributed by atoms with van der Waals surface area (Å²) in [4.78, 5) is 6.45. The van der Waals surface area contributed by atoms with E-state index < -0.39 is 0 Å². The van der Waals surface area contributed by atoms with Gasteiger partial charge in [0.15, 0.2) is 5.11 Å². The quantitative estimate of drug-likeness (QED) is 0.509. The maximum atomic E-state index is 6.35. The third kappa shape index (κ3) is 5.42. The monoisotopic (exact) mass is 415 g/mol. The van der Waals surface area contributed by atoms with Crippen molar-refractivity contribution in [1.29, 1.82) is 0 Å².